The number of ether oxygens (including phenoxy) is 1. The molecule has 0 bridgehead atoms. The molecule has 0 saturated carbocycles. The van der Waals surface area contributed by atoms with Crippen molar-refractivity contribution in [3.05, 3.63) is 29.8 Å². The van der Waals surface area contributed by atoms with Crippen LogP contribution >= 0.6 is 0 Å². The van der Waals surface area contributed by atoms with Gasteiger partial charge < -0.3 is 15.2 Å². The van der Waals surface area contributed by atoms with E-state index in [1.807, 2.05) is 6.07 Å². The van der Waals surface area contributed by atoms with E-state index in [1.165, 1.54) is 7.11 Å². The minimum absolute atomic E-state index is 0.0829. The molecule has 0 aliphatic carbocycles. The van der Waals surface area contributed by atoms with Crippen molar-refractivity contribution in [2.24, 2.45) is 5.92 Å². The summed E-state index contributed by atoms with van der Waals surface area (Å²) in [6.45, 7) is 1.37. The highest BCUT2D eigenvalue weighted by atomic mass is 16.5. The van der Waals surface area contributed by atoms with Gasteiger partial charge in [-0.2, -0.15) is 0 Å². The Morgan fingerprint density at radius 2 is 2.31 bits per heavy atom. The third-order valence-electron chi connectivity index (χ3n) is 3.02. The number of rotatable bonds is 2. The van der Waals surface area contributed by atoms with E-state index in [0.717, 1.165) is 12.1 Å². The van der Waals surface area contributed by atoms with Crippen molar-refractivity contribution in [2.45, 2.75) is 5.92 Å². The van der Waals surface area contributed by atoms with E-state index in [2.05, 4.69) is 5.32 Å². The van der Waals surface area contributed by atoms with Crippen LogP contribution in [0.3, 0.4) is 0 Å². The Kier molecular flexibility index (Phi) is 3.10. The zero-order valence-electron chi connectivity index (χ0n) is 9.14. The third-order valence-corrected chi connectivity index (χ3v) is 3.02. The van der Waals surface area contributed by atoms with Gasteiger partial charge in [-0.05, 0) is 17.7 Å². The molecule has 0 unspecified atom stereocenters. The Bertz CT molecular complexity index is 392. The zero-order valence-corrected chi connectivity index (χ0v) is 9.14. The number of carbonyl (C=O) groups excluding carboxylic acids is 1. The number of phenolic OH excluding ortho intramolecular Hbond substituents is 1. The van der Waals surface area contributed by atoms with Gasteiger partial charge in [0.25, 0.3) is 0 Å². The first-order valence-electron chi connectivity index (χ1n) is 5.30. The lowest BCUT2D eigenvalue weighted by molar-refractivity contribution is -0.145. The molecule has 2 N–H and O–H groups in total. The Labute approximate surface area is 94.2 Å². The molecular weight excluding hydrogens is 206 g/mol. The summed E-state index contributed by atoms with van der Waals surface area (Å²) < 4.78 is 4.77. The highest BCUT2D eigenvalue weighted by Gasteiger charge is 2.34. The van der Waals surface area contributed by atoms with E-state index in [9.17, 15) is 9.90 Å². The molecule has 4 heteroatoms. The SMILES string of the molecule is COC(=O)[C@H]1CNC[C@@H]1c1cccc(O)c1. The van der Waals surface area contributed by atoms with Gasteiger partial charge in [-0.25, -0.2) is 0 Å². The van der Waals surface area contributed by atoms with Gasteiger partial charge in [-0.3, -0.25) is 4.79 Å². The molecule has 1 aliphatic heterocycles. The number of carbonyl (C=O) groups is 1. The molecule has 1 aliphatic rings. The van der Waals surface area contributed by atoms with E-state index in [0.29, 0.717) is 6.54 Å². The lowest BCUT2D eigenvalue weighted by Gasteiger charge is -2.16. The summed E-state index contributed by atoms with van der Waals surface area (Å²) in [5.41, 5.74) is 0.973. The van der Waals surface area contributed by atoms with Crippen LogP contribution in [0.15, 0.2) is 24.3 Å². The zero-order chi connectivity index (χ0) is 11.5. The number of aromatic hydroxyl groups is 1. The summed E-state index contributed by atoms with van der Waals surface area (Å²) in [4.78, 5) is 11.6. The van der Waals surface area contributed by atoms with E-state index in [1.54, 1.807) is 18.2 Å². The summed E-state index contributed by atoms with van der Waals surface area (Å²) in [6, 6.07) is 7.04. The Hall–Kier alpha value is -1.55. The number of hydrogen-bond donors (Lipinski definition) is 2. The smallest absolute Gasteiger partial charge is 0.310 e. The lowest BCUT2D eigenvalue weighted by atomic mass is 9.89. The van der Waals surface area contributed by atoms with Crippen LogP contribution in [0, 0.1) is 5.92 Å². The first-order valence-corrected chi connectivity index (χ1v) is 5.30. The van der Waals surface area contributed by atoms with E-state index in [-0.39, 0.29) is 23.6 Å². The van der Waals surface area contributed by atoms with E-state index in [4.69, 9.17) is 4.74 Å². The van der Waals surface area contributed by atoms with Crippen molar-refractivity contribution in [1.29, 1.82) is 0 Å². The van der Waals surface area contributed by atoms with Crippen molar-refractivity contribution in [3.63, 3.8) is 0 Å². The molecule has 0 aromatic heterocycles. The van der Waals surface area contributed by atoms with Gasteiger partial charge in [0.1, 0.15) is 5.75 Å². The number of phenols is 1. The van der Waals surface area contributed by atoms with Crippen LogP contribution in [-0.2, 0) is 9.53 Å². The molecule has 2 rings (SSSR count). The van der Waals surface area contributed by atoms with Crippen molar-refractivity contribution in [1.82, 2.24) is 5.32 Å². The maximum absolute atomic E-state index is 11.6. The Morgan fingerprint density at radius 3 is 3.00 bits per heavy atom. The Balaban J connectivity index is 2.23. The fraction of sp³-hybridized carbons (Fsp3) is 0.417. The molecule has 2 atom stereocenters. The third kappa shape index (κ3) is 2.02. The minimum atomic E-state index is -0.196. The molecular formula is C12H15NO3. The van der Waals surface area contributed by atoms with Crippen molar-refractivity contribution >= 4 is 5.97 Å². The molecule has 16 heavy (non-hydrogen) atoms. The van der Waals surface area contributed by atoms with Gasteiger partial charge in [0.2, 0.25) is 0 Å². The quantitative estimate of drug-likeness (QED) is 0.727. The molecule has 1 aromatic carbocycles. The second-order valence-corrected chi connectivity index (χ2v) is 3.99. The maximum Gasteiger partial charge on any atom is 0.310 e. The van der Waals surface area contributed by atoms with Gasteiger partial charge in [-0.1, -0.05) is 12.1 Å². The fourth-order valence-electron chi connectivity index (χ4n) is 2.18. The topological polar surface area (TPSA) is 58.6 Å². The van der Waals surface area contributed by atoms with Crippen molar-refractivity contribution < 1.29 is 14.6 Å². The molecule has 0 amide bonds. The molecule has 1 heterocycles. The standard InChI is InChI=1S/C12H15NO3/c1-16-12(15)11-7-13-6-10(11)8-3-2-4-9(14)5-8/h2-5,10-11,13-14H,6-7H2,1H3/t10-,11+/m1/s1. The molecule has 1 aromatic rings. The van der Waals surface area contributed by atoms with Crippen LogP contribution in [0.25, 0.3) is 0 Å². The van der Waals surface area contributed by atoms with Gasteiger partial charge in [0.05, 0.1) is 13.0 Å². The summed E-state index contributed by atoms with van der Waals surface area (Å²) in [5, 5.41) is 12.6. The highest BCUT2D eigenvalue weighted by Crippen LogP contribution is 2.30. The molecule has 1 fully saturated rings. The monoisotopic (exact) mass is 221 g/mol. The number of methoxy groups -OCH3 is 1. The number of nitrogens with one attached hydrogen (secondary N) is 1. The molecule has 0 spiro atoms. The van der Waals surface area contributed by atoms with E-state index < -0.39 is 0 Å². The largest absolute Gasteiger partial charge is 0.508 e. The molecule has 86 valence electrons. The molecule has 0 radical (unpaired) electrons. The Morgan fingerprint density at radius 1 is 1.50 bits per heavy atom. The van der Waals surface area contributed by atoms with Crippen LogP contribution in [0.2, 0.25) is 0 Å². The number of benzene rings is 1. The van der Waals surface area contributed by atoms with Crippen LogP contribution in [0.4, 0.5) is 0 Å². The van der Waals surface area contributed by atoms with Crippen LogP contribution in [0.1, 0.15) is 11.5 Å². The van der Waals surface area contributed by atoms with Crippen LogP contribution in [0.5, 0.6) is 5.75 Å². The normalized spacial score (nSPS) is 24.3. The lowest BCUT2D eigenvalue weighted by Crippen LogP contribution is -2.22. The molecule has 1 saturated heterocycles. The van der Waals surface area contributed by atoms with Crippen LogP contribution in [-0.4, -0.2) is 31.3 Å². The first kappa shape index (κ1) is 11.0. The number of esters is 1. The maximum atomic E-state index is 11.6. The van der Waals surface area contributed by atoms with Gasteiger partial charge in [0, 0.05) is 19.0 Å². The first-order chi connectivity index (χ1) is 7.72. The van der Waals surface area contributed by atoms with Gasteiger partial charge in [-0.15, -0.1) is 0 Å². The van der Waals surface area contributed by atoms with Gasteiger partial charge >= 0.3 is 5.97 Å². The van der Waals surface area contributed by atoms with Crippen molar-refractivity contribution in [2.75, 3.05) is 20.2 Å². The average Bonchev–Trinajstić information content (AvgIpc) is 2.77. The summed E-state index contributed by atoms with van der Waals surface area (Å²) >= 11 is 0. The average molecular weight is 221 g/mol. The van der Waals surface area contributed by atoms with E-state index >= 15 is 0 Å². The highest BCUT2D eigenvalue weighted by molar-refractivity contribution is 5.74. The summed E-state index contributed by atoms with van der Waals surface area (Å²) in [6.07, 6.45) is 0. The van der Waals surface area contributed by atoms with Crippen molar-refractivity contribution in [3.8, 4) is 5.75 Å². The second kappa shape index (κ2) is 4.53. The predicted octanol–water partition coefficient (Wildman–Crippen LogP) is 0.868. The summed E-state index contributed by atoms with van der Waals surface area (Å²) in [5.74, 6) is -0.0438. The fourth-order valence-corrected chi connectivity index (χ4v) is 2.18. The number of hydrogen-bond acceptors (Lipinski definition) is 4. The minimum Gasteiger partial charge on any atom is -0.508 e. The van der Waals surface area contributed by atoms with Crippen LogP contribution < -0.4 is 5.32 Å². The molecule has 4 nitrogen and oxygen atoms in total. The second-order valence-electron chi connectivity index (χ2n) is 3.99. The van der Waals surface area contributed by atoms with Gasteiger partial charge in [0.15, 0.2) is 0 Å². The summed E-state index contributed by atoms with van der Waals surface area (Å²) in [7, 11) is 1.40. The predicted molar refractivity (Wildman–Crippen MR) is 59.2 cm³/mol.